The smallest absolute Gasteiger partial charge is 0.416 e. The molecule has 0 saturated heterocycles. The van der Waals surface area contributed by atoms with Crippen LogP contribution in [-0.2, 0) is 11.0 Å². The summed E-state index contributed by atoms with van der Waals surface area (Å²) in [7, 11) is 0. The highest BCUT2D eigenvalue weighted by Gasteiger charge is 2.36. The van der Waals surface area contributed by atoms with Crippen LogP contribution in [0.15, 0.2) is 22.7 Å². The van der Waals surface area contributed by atoms with E-state index in [-0.39, 0.29) is 4.47 Å². The van der Waals surface area contributed by atoms with Gasteiger partial charge in [-0.15, -0.1) is 0 Å². The van der Waals surface area contributed by atoms with Crippen LogP contribution in [0.1, 0.15) is 17.2 Å². The lowest BCUT2D eigenvalue weighted by Gasteiger charge is -2.16. The lowest BCUT2D eigenvalue weighted by atomic mass is 10.0. The van der Waals surface area contributed by atoms with Gasteiger partial charge in [0.1, 0.15) is 6.04 Å². The number of halogens is 4. The summed E-state index contributed by atoms with van der Waals surface area (Å²) in [5.74, 6) is -1.52. The number of rotatable bonds is 2. The summed E-state index contributed by atoms with van der Waals surface area (Å²) in [6, 6.07) is 1.56. The molecule has 88 valence electrons. The number of hydrogen-bond acceptors (Lipinski definition) is 2. The number of aliphatic carboxylic acids is 1. The molecule has 0 aliphatic rings. The third-order valence-corrected chi connectivity index (χ3v) is 2.63. The maximum atomic E-state index is 12.6. The first-order valence-electron chi connectivity index (χ1n) is 4.09. The number of carboxylic acid groups (broad SMARTS) is 1. The zero-order valence-corrected chi connectivity index (χ0v) is 9.34. The van der Waals surface area contributed by atoms with Crippen molar-refractivity contribution in [2.24, 2.45) is 5.73 Å². The summed E-state index contributed by atoms with van der Waals surface area (Å²) in [6.07, 6.45) is -4.63. The molecule has 1 unspecified atom stereocenters. The lowest BCUT2D eigenvalue weighted by molar-refractivity contribution is -0.141. The molecule has 0 saturated carbocycles. The van der Waals surface area contributed by atoms with Gasteiger partial charge < -0.3 is 10.8 Å². The molecule has 0 aliphatic carbocycles. The van der Waals surface area contributed by atoms with E-state index in [1.807, 2.05) is 0 Å². The molecule has 3 N–H and O–H groups in total. The van der Waals surface area contributed by atoms with Gasteiger partial charge >= 0.3 is 12.1 Å². The van der Waals surface area contributed by atoms with Gasteiger partial charge in [-0.25, -0.2) is 0 Å². The molecule has 1 aromatic carbocycles. The van der Waals surface area contributed by atoms with Gasteiger partial charge in [0, 0.05) is 10.0 Å². The second kappa shape index (κ2) is 4.42. The second-order valence-electron chi connectivity index (χ2n) is 3.01. The fourth-order valence-electron chi connectivity index (χ4n) is 1.22. The molecule has 7 heteroatoms. The van der Waals surface area contributed by atoms with E-state index in [0.29, 0.717) is 0 Å². The monoisotopic (exact) mass is 297 g/mol. The molecular weight excluding hydrogens is 291 g/mol. The first-order chi connectivity index (χ1) is 7.25. The molecule has 0 amide bonds. The fraction of sp³-hybridized carbons (Fsp3) is 0.222. The Labute approximate surface area is 97.2 Å². The van der Waals surface area contributed by atoms with Gasteiger partial charge in [-0.1, -0.05) is 22.0 Å². The van der Waals surface area contributed by atoms with Crippen molar-refractivity contribution < 1.29 is 23.1 Å². The molecule has 3 nitrogen and oxygen atoms in total. The lowest BCUT2D eigenvalue weighted by Crippen LogP contribution is -2.25. The Morgan fingerprint density at radius 2 is 2.00 bits per heavy atom. The average Bonchev–Trinajstić information content (AvgIpc) is 2.14. The van der Waals surface area contributed by atoms with Crippen LogP contribution in [0.25, 0.3) is 0 Å². The van der Waals surface area contributed by atoms with Crippen LogP contribution in [0.5, 0.6) is 0 Å². The van der Waals surface area contributed by atoms with Crippen molar-refractivity contribution in [3.05, 3.63) is 33.8 Å². The number of carboxylic acids is 1. The normalized spacial score (nSPS) is 13.6. The van der Waals surface area contributed by atoms with Crippen LogP contribution in [0.3, 0.4) is 0 Å². The van der Waals surface area contributed by atoms with Gasteiger partial charge in [-0.05, 0) is 12.1 Å². The number of alkyl halides is 3. The van der Waals surface area contributed by atoms with Crippen molar-refractivity contribution in [2.75, 3.05) is 0 Å². The van der Waals surface area contributed by atoms with E-state index in [9.17, 15) is 18.0 Å². The van der Waals surface area contributed by atoms with Crippen molar-refractivity contribution >= 4 is 21.9 Å². The van der Waals surface area contributed by atoms with Gasteiger partial charge in [0.15, 0.2) is 0 Å². The van der Waals surface area contributed by atoms with E-state index in [1.54, 1.807) is 0 Å². The highest BCUT2D eigenvalue weighted by molar-refractivity contribution is 9.10. The van der Waals surface area contributed by atoms with E-state index in [2.05, 4.69) is 15.9 Å². The number of hydrogen-bond donors (Lipinski definition) is 2. The summed E-state index contributed by atoms with van der Waals surface area (Å²) in [4.78, 5) is 10.6. The average molecular weight is 298 g/mol. The van der Waals surface area contributed by atoms with E-state index in [4.69, 9.17) is 10.8 Å². The molecule has 0 fully saturated rings. The van der Waals surface area contributed by atoms with Crippen molar-refractivity contribution in [3.63, 3.8) is 0 Å². The van der Waals surface area contributed by atoms with E-state index in [1.165, 1.54) is 12.1 Å². The van der Waals surface area contributed by atoms with Gasteiger partial charge in [0.05, 0.1) is 5.56 Å². The first-order valence-corrected chi connectivity index (χ1v) is 4.88. The molecule has 0 aliphatic heterocycles. The summed E-state index contributed by atoms with van der Waals surface area (Å²) in [5.41, 5.74) is 3.69. The largest absolute Gasteiger partial charge is 0.480 e. The predicted molar refractivity (Wildman–Crippen MR) is 53.7 cm³/mol. The summed E-state index contributed by atoms with van der Waals surface area (Å²) >= 11 is 2.87. The molecular formula is C9H7BrF3NO2. The van der Waals surface area contributed by atoms with Gasteiger partial charge in [0.2, 0.25) is 0 Å². The quantitative estimate of drug-likeness (QED) is 0.882. The molecule has 1 aromatic rings. The molecule has 1 atom stereocenters. The number of nitrogens with two attached hydrogens (primary N) is 1. The zero-order chi connectivity index (χ0) is 12.5. The van der Waals surface area contributed by atoms with Crippen LogP contribution in [-0.4, -0.2) is 11.1 Å². The van der Waals surface area contributed by atoms with Gasteiger partial charge in [-0.2, -0.15) is 13.2 Å². The molecule has 0 bridgehead atoms. The van der Waals surface area contributed by atoms with Crippen LogP contribution >= 0.6 is 15.9 Å². The summed E-state index contributed by atoms with van der Waals surface area (Å²) in [6.45, 7) is 0. The Morgan fingerprint density at radius 3 is 2.44 bits per heavy atom. The Hall–Kier alpha value is -1.08. The molecule has 1 rings (SSSR count). The van der Waals surface area contributed by atoms with Gasteiger partial charge in [0.25, 0.3) is 0 Å². The Balaban J connectivity index is 3.41. The molecule has 0 spiro atoms. The number of carbonyl (C=O) groups is 1. The van der Waals surface area contributed by atoms with Crippen LogP contribution in [0.4, 0.5) is 13.2 Å². The van der Waals surface area contributed by atoms with Crippen LogP contribution in [0, 0.1) is 0 Å². The van der Waals surface area contributed by atoms with Crippen LogP contribution < -0.4 is 5.73 Å². The highest BCUT2D eigenvalue weighted by atomic mass is 79.9. The minimum atomic E-state index is -4.63. The topological polar surface area (TPSA) is 63.3 Å². The van der Waals surface area contributed by atoms with E-state index in [0.717, 1.165) is 6.07 Å². The molecule has 0 aromatic heterocycles. The summed E-state index contributed by atoms with van der Waals surface area (Å²) in [5, 5.41) is 8.64. The second-order valence-corrected chi connectivity index (χ2v) is 3.87. The highest BCUT2D eigenvalue weighted by Crippen LogP contribution is 2.37. The first kappa shape index (κ1) is 13.0. The van der Waals surface area contributed by atoms with E-state index < -0.39 is 29.3 Å². The van der Waals surface area contributed by atoms with Gasteiger partial charge in [-0.3, -0.25) is 4.79 Å². The van der Waals surface area contributed by atoms with Crippen molar-refractivity contribution in [3.8, 4) is 0 Å². The predicted octanol–water partition coefficient (Wildman–Crippen LogP) is 2.55. The maximum Gasteiger partial charge on any atom is 0.416 e. The van der Waals surface area contributed by atoms with E-state index >= 15 is 0 Å². The Morgan fingerprint density at radius 1 is 1.44 bits per heavy atom. The minimum Gasteiger partial charge on any atom is -0.480 e. The maximum absolute atomic E-state index is 12.6. The molecule has 0 radical (unpaired) electrons. The minimum absolute atomic E-state index is 0.0252. The molecule has 0 heterocycles. The van der Waals surface area contributed by atoms with Crippen molar-refractivity contribution in [2.45, 2.75) is 12.2 Å². The third kappa shape index (κ3) is 2.53. The zero-order valence-electron chi connectivity index (χ0n) is 7.75. The third-order valence-electron chi connectivity index (χ3n) is 1.94. The van der Waals surface area contributed by atoms with Crippen molar-refractivity contribution in [1.29, 1.82) is 0 Å². The molecule has 16 heavy (non-hydrogen) atoms. The Kier molecular flexibility index (Phi) is 3.59. The standard InChI is InChI=1S/C9H7BrF3NO2/c10-5-3-1-2-4(9(11,12)13)6(5)7(14)8(15)16/h1-3,7H,14H2,(H,15,16). The fourth-order valence-corrected chi connectivity index (χ4v) is 1.84. The van der Waals surface area contributed by atoms with Crippen molar-refractivity contribution in [1.82, 2.24) is 0 Å². The summed E-state index contributed by atoms with van der Waals surface area (Å²) < 4.78 is 37.8. The number of benzene rings is 1. The Bertz CT molecular complexity index is 420. The van der Waals surface area contributed by atoms with Crippen LogP contribution in [0.2, 0.25) is 0 Å². The SMILES string of the molecule is NC(C(=O)O)c1c(Br)cccc1C(F)(F)F.